The predicted molar refractivity (Wildman–Crippen MR) is 39.2 cm³/mol. The van der Waals surface area contributed by atoms with E-state index in [0.717, 1.165) is 25.7 Å². The lowest BCUT2D eigenvalue weighted by Gasteiger charge is -2.03. The van der Waals surface area contributed by atoms with Crippen molar-refractivity contribution in [3.8, 4) is 0 Å². The summed E-state index contributed by atoms with van der Waals surface area (Å²) in [7, 11) is 0. The van der Waals surface area contributed by atoms with Crippen molar-refractivity contribution in [1.82, 2.24) is 0 Å². The van der Waals surface area contributed by atoms with Crippen molar-refractivity contribution in [3.05, 3.63) is 0 Å². The molecular weight excluding hydrogens is 144 g/mol. The van der Waals surface area contributed by atoms with Crippen LogP contribution in [0.2, 0.25) is 0 Å². The van der Waals surface area contributed by atoms with Crippen LogP contribution in [0, 0.1) is 5.92 Å². The SMILES string of the molecule is O=C(O)C(=O)CC1CCCC1. The Morgan fingerprint density at radius 2 is 1.82 bits per heavy atom. The number of carbonyl (C=O) groups excluding carboxylic acids is 1. The largest absolute Gasteiger partial charge is 0.476 e. The Morgan fingerprint density at radius 3 is 2.27 bits per heavy atom. The van der Waals surface area contributed by atoms with E-state index in [1.807, 2.05) is 0 Å². The maximum absolute atomic E-state index is 10.7. The number of carboxylic acids is 1. The summed E-state index contributed by atoms with van der Waals surface area (Å²) >= 11 is 0. The van der Waals surface area contributed by atoms with E-state index in [4.69, 9.17) is 5.11 Å². The Bertz CT molecular complexity index is 168. The van der Waals surface area contributed by atoms with Crippen molar-refractivity contribution in [3.63, 3.8) is 0 Å². The summed E-state index contributed by atoms with van der Waals surface area (Å²) in [4.78, 5) is 20.8. The molecule has 0 unspecified atom stereocenters. The first-order valence-electron chi connectivity index (χ1n) is 3.96. The number of Topliss-reactive ketones (excluding diaryl/α,β-unsaturated/α-hetero) is 1. The van der Waals surface area contributed by atoms with E-state index < -0.39 is 11.8 Å². The van der Waals surface area contributed by atoms with Gasteiger partial charge < -0.3 is 5.11 Å². The second kappa shape index (κ2) is 3.51. The van der Waals surface area contributed by atoms with Gasteiger partial charge >= 0.3 is 5.97 Å². The minimum Gasteiger partial charge on any atom is -0.476 e. The fourth-order valence-electron chi connectivity index (χ4n) is 1.56. The normalized spacial score (nSPS) is 18.5. The summed E-state index contributed by atoms with van der Waals surface area (Å²) in [5.41, 5.74) is 0. The monoisotopic (exact) mass is 156 g/mol. The Balaban J connectivity index is 2.29. The molecule has 0 aromatic carbocycles. The van der Waals surface area contributed by atoms with Crippen LogP contribution in [-0.2, 0) is 9.59 Å². The van der Waals surface area contributed by atoms with Gasteiger partial charge in [-0.25, -0.2) is 4.79 Å². The second-order valence-electron chi connectivity index (χ2n) is 3.08. The van der Waals surface area contributed by atoms with Crippen LogP contribution in [0.4, 0.5) is 0 Å². The molecule has 1 saturated carbocycles. The van der Waals surface area contributed by atoms with Crippen LogP contribution < -0.4 is 0 Å². The van der Waals surface area contributed by atoms with Gasteiger partial charge in [0.25, 0.3) is 0 Å². The Labute approximate surface area is 65.4 Å². The third-order valence-electron chi connectivity index (χ3n) is 2.19. The quantitative estimate of drug-likeness (QED) is 0.625. The van der Waals surface area contributed by atoms with E-state index in [0.29, 0.717) is 5.92 Å². The van der Waals surface area contributed by atoms with Gasteiger partial charge in [-0.3, -0.25) is 4.79 Å². The lowest BCUT2D eigenvalue weighted by atomic mass is 10.0. The Hall–Kier alpha value is -0.860. The number of carboxylic acid groups (broad SMARTS) is 1. The summed E-state index contributed by atoms with van der Waals surface area (Å²) in [6.45, 7) is 0. The van der Waals surface area contributed by atoms with E-state index in [9.17, 15) is 9.59 Å². The topological polar surface area (TPSA) is 54.4 Å². The van der Waals surface area contributed by atoms with Gasteiger partial charge in [0.1, 0.15) is 0 Å². The molecule has 0 atom stereocenters. The molecule has 0 aliphatic heterocycles. The van der Waals surface area contributed by atoms with E-state index in [1.165, 1.54) is 0 Å². The highest BCUT2D eigenvalue weighted by atomic mass is 16.4. The van der Waals surface area contributed by atoms with Crippen LogP contribution >= 0.6 is 0 Å². The van der Waals surface area contributed by atoms with E-state index in [-0.39, 0.29) is 6.42 Å². The average Bonchev–Trinajstić information content (AvgIpc) is 2.39. The number of aliphatic carboxylic acids is 1. The summed E-state index contributed by atoms with van der Waals surface area (Å²) in [6, 6.07) is 0. The molecule has 3 heteroatoms. The van der Waals surface area contributed by atoms with Gasteiger partial charge in [0.05, 0.1) is 0 Å². The zero-order valence-electron chi connectivity index (χ0n) is 6.38. The van der Waals surface area contributed by atoms with Crippen molar-refractivity contribution in [2.75, 3.05) is 0 Å². The molecule has 1 aliphatic rings. The Morgan fingerprint density at radius 1 is 1.27 bits per heavy atom. The third-order valence-corrected chi connectivity index (χ3v) is 2.19. The van der Waals surface area contributed by atoms with Crippen LogP contribution in [0.25, 0.3) is 0 Å². The lowest BCUT2D eigenvalue weighted by Crippen LogP contribution is -2.15. The van der Waals surface area contributed by atoms with Crippen molar-refractivity contribution in [2.24, 2.45) is 5.92 Å². The summed E-state index contributed by atoms with van der Waals surface area (Å²) < 4.78 is 0. The first kappa shape index (κ1) is 8.24. The van der Waals surface area contributed by atoms with Crippen molar-refractivity contribution >= 4 is 11.8 Å². The maximum atomic E-state index is 10.7. The molecule has 1 N–H and O–H groups in total. The molecule has 3 nitrogen and oxygen atoms in total. The molecule has 0 radical (unpaired) electrons. The van der Waals surface area contributed by atoms with Crippen LogP contribution in [0.1, 0.15) is 32.1 Å². The van der Waals surface area contributed by atoms with Crippen LogP contribution in [-0.4, -0.2) is 16.9 Å². The molecule has 0 heterocycles. The fourth-order valence-corrected chi connectivity index (χ4v) is 1.56. The number of hydrogen-bond acceptors (Lipinski definition) is 2. The molecular formula is C8H12O3. The molecule has 62 valence electrons. The zero-order valence-corrected chi connectivity index (χ0v) is 6.38. The smallest absolute Gasteiger partial charge is 0.372 e. The molecule has 0 spiro atoms. The van der Waals surface area contributed by atoms with Gasteiger partial charge in [-0.1, -0.05) is 25.7 Å². The van der Waals surface area contributed by atoms with Crippen LogP contribution in [0.15, 0.2) is 0 Å². The van der Waals surface area contributed by atoms with E-state index in [1.54, 1.807) is 0 Å². The standard InChI is InChI=1S/C8H12O3/c9-7(8(10)11)5-6-3-1-2-4-6/h6H,1-5H2,(H,10,11). The minimum absolute atomic E-state index is 0.245. The predicted octanol–water partition coefficient (Wildman–Crippen LogP) is 1.22. The summed E-state index contributed by atoms with van der Waals surface area (Å²) in [6.07, 6.45) is 4.60. The highest BCUT2D eigenvalue weighted by Gasteiger charge is 2.21. The van der Waals surface area contributed by atoms with Crippen molar-refractivity contribution < 1.29 is 14.7 Å². The summed E-state index contributed by atoms with van der Waals surface area (Å²) in [5, 5.41) is 8.29. The molecule has 0 aromatic heterocycles. The number of hydrogen-bond donors (Lipinski definition) is 1. The molecule has 1 fully saturated rings. The fraction of sp³-hybridized carbons (Fsp3) is 0.750. The van der Waals surface area contributed by atoms with Gasteiger partial charge in [-0.15, -0.1) is 0 Å². The van der Waals surface area contributed by atoms with Crippen molar-refractivity contribution in [1.29, 1.82) is 0 Å². The van der Waals surface area contributed by atoms with Crippen LogP contribution in [0.5, 0.6) is 0 Å². The first-order chi connectivity index (χ1) is 5.20. The number of carbonyl (C=O) groups is 2. The number of rotatable bonds is 3. The summed E-state index contributed by atoms with van der Waals surface area (Å²) in [5.74, 6) is -1.56. The zero-order chi connectivity index (χ0) is 8.27. The lowest BCUT2D eigenvalue weighted by molar-refractivity contribution is -0.149. The van der Waals surface area contributed by atoms with E-state index in [2.05, 4.69) is 0 Å². The third kappa shape index (κ3) is 2.33. The molecule has 0 bridgehead atoms. The Kier molecular flexibility index (Phi) is 2.63. The van der Waals surface area contributed by atoms with Crippen LogP contribution in [0.3, 0.4) is 0 Å². The van der Waals surface area contributed by atoms with E-state index >= 15 is 0 Å². The second-order valence-corrected chi connectivity index (χ2v) is 3.08. The van der Waals surface area contributed by atoms with Gasteiger partial charge in [-0.2, -0.15) is 0 Å². The van der Waals surface area contributed by atoms with Gasteiger partial charge in [0.15, 0.2) is 0 Å². The molecule has 1 aliphatic carbocycles. The number of ketones is 1. The minimum atomic E-state index is -1.28. The molecule has 0 amide bonds. The molecule has 11 heavy (non-hydrogen) atoms. The van der Waals surface area contributed by atoms with Gasteiger partial charge in [-0.05, 0) is 5.92 Å². The van der Waals surface area contributed by atoms with Gasteiger partial charge in [0.2, 0.25) is 5.78 Å². The molecule has 0 saturated heterocycles. The highest BCUT2D eigenvalue weighted by molar-refractivity contribution is 6.32. The molecule has 1 rings (SSSR count). The first-order valence-corrected chi connectivity index (χ1v) is 3.96. The highest BCUT2D eigenvalue weighted by Crippen LogP contribution is 2.27. The maximum Gasteiger partial charge on any atom is 0.372 e. The van der Waals surface area contributed by atoms with Gasteiger partial charge in [0, 0.05) is 6.42 Å². The van der Waals surface area contributed by atoms with Crippen molar-refractivity contribution in [2.45, 2.75) is 32.1 Å². The average molecular weight is 156 g/mol. The molecule has 0 aromatic rings.